The van der Waals surface area contributed by atoms with Crippen molar-refractivity contribution in [2.45, 2.75) is 51.9 Å². The van der Waals surface area contributed by atoms with E-state index in [-0.39, 0.29) is 50.6 Å². The maximum atomic E-state index is 12.7. The summed E-state index contributed by atoms with van der Waals surface area (Å²) in [5, 5.41) is 11.6. The Morgan fingerprint density at radius 3 is 0.771 bits per heavy atom. The fourth-order valence-electron chi connectivity index (χ4n) is 6.31. The average molecular weight is 1100 g/mol. The molecule has 0 radical (unpaired) electrons. The van der Waals surface area contributed by atoms with Gasteiger partial charge in [-0.3, -0.25) is 0 Å². The Morgan fingerprint density at radius 2 is 0.571 bits per heavy atom. The van der Waals surface area contributed by atoms with Crippen LogP contribution in [0.15, 0.2) is 147 Å². The van der Waals surface area contributed by atoms with Crippen molar-refractivity contribution in [2.24, 2.45) is 0 Å². The van der Waals surface area contributed by atoms with Crippen molar-refractivity contribution in [3.63, 3.8) is 0 Å². The minimum atomic E-state index is -0.478. The maximum absolute atomic E-state index is 12.7. The van der Waals surface area contributed by atoms with Gasteiger partial charge in [0.1, 0.15) is 26.4 Å². The molecule has 0 fully saturated rings. The van der Waals surface area contributed by atoms with Crippen LogP contribution in [0.3, 0.4) is 0 Å². The second-order valence-corrected chi connectivity index (χ2v) is 25.2. The van der Waals surface area contributed by atoms with E-state index in [1.807, 2.05) is 149 Å². The van der Waals surface area contributed by atoms with Gasteiger partial charge >= 0.3 is 24.4 Å². The molecule has 372 valence electrons. The maximum Gasteiger partial charge on any atom is 0.407 e. The van der Waals surface area contributed by atoms with E-state index in [0.29, 0.717) is 23.0 Å². The number of nitrogens with one attached hydrogen (secondary N) is 4. The average Bonchev–Trinajstić information content (AvgIpc) is 3.98. The van der Waals surface area contributed by atoms with E-state index in [9.17, 15) is 19.2 Å². The molecule has 0 aliphatic carbocycles. The largest absolute Gasteiger partial charge is 0.449 e. The number of hydrogen-bond acceptors (Lipinski definition) is 16. The topological polar surface area (TPSA) is 153 Å². The molecule has 0 aromatic heterocycles. The number of alkyl carbamates (subject to hydrolysis) is 4. The smallest absolute Gasteiger partial charge is 0.407 e. The third kappa shape index (κ3) is 18.9. The van der Waals surface area contributed by atoms with Gasteiger partial charge in [0.15, 0.2) is 0 Å². The molecule has 4 aromatic carbocycles. The number of amides is 4. The Morgan fingerprint density at radius 1 is 0.371 bits per heavy atom. The second kappa shape index (κ2) is 30.1. The van der Waals surface area contributed by atoms with Crippen LogP contribution in [0.1, 0.15) is 74.1 Å². The van der Waals surface area contributed by atoms with E-state index < -0.39 is 24.4 Å². The van der Waals surface area contributed by atoms with Crippen molar-refractivity contribution in [3.8, 4) is 0 Å². The molecule has 6 rings (SSSR count). The summed E-state index contributed by atoms with van der Waals surface area (Å²) >= 11 is 13.2. The van der Waals surface area contributed by atoms with Crippen LogP contribution >= 0.6 is 94.1 Å². The van der Waals surface area contributed by atoms with Crippen LogP contribution in [0.25, 0.3) is 0 Å². The number of hydrogen-bond donors (Lipinski definition) is 4. The fourth-order valence-corrected chi connectivity index (χ4v) is 17.9. The van der Waals surface area contributed by atoms with Crippen molar-refractivity contribution >= 4 is 118 Å². The molecule has 4 atom stereocenters. The molecule has 4 amide bonds. The molecule has 2 aliphatic heterocycles. The third-order valence-corrected chi connectivity index (χ3v) is 21.4. The quantitative estimate of drug-likeness (QED) is 0.0388. The van der Waals surface area contributed by atoms with Crippen molar-refractivity contribution in [1.82, 2.24) is 21.3 Å². The first-order chi connectivity index (χ1) is 34.0. The molecule has 2 aliphatic rings. The van der Waals surface area contributed by atoms with Crippen molar-refractivity contribution in [1.29, 1.82) is 0 Å². The fraction of sp³-hybridized carbons (Fsp3) is 0.320. The molecule has 4 aromatic rings. The molecular formula is C50H56N4O8S8. The number of carbonyl (C=O) groups excluding carboxylic acids is 4. The van der Waals surface area contributed by atoms with Gasteiger partial charge in [-0.1, -0.05) is 168 Å². The van der Waals surface area contributed by atoms with E-state index in [1.54, 1.807) is 94.1 Å². The monoisotopic (exact) mass is 1100 g/mol. The predicted molar refractivity (Wildman–Crippen MR) is 299 cm³/mol. The van der Waals surface area contributed by atoms with Gasteiger partial charge in [0.2, 0.25) is 0 Å². The highest BCUT2D eigenvalue weighted by atomic mass is 32.3. The highest BCUT2D eigenvalue weighted by Crippen LogP contribution is 2.66. The first-order valence-electron chi connectivity index (χ1n) is 22.4. The third-order valence-electron chi connectivity index (χ3n) is 9.98. The SMILES string of the molecule is C[C@H](NC(=O)OCCSC1=C(SCCOC(=O)N[C@@H](C)c2ccccc2)SC(=C2SC(SCCOC(=O)N[C@@H](C)c3ccccc3)=C(SCCOC(=O)N[C@@H](C)c3ccccc3)S2)S1)c1ccccc1. The lowest BCUT2D eigenvalue weighted by Gasteiger charge is -2.14. The zero-order chi connectivity index (χ0) is 49.5. The van der Waals surface area contributed by atoms with Crippen LogP contribution in [0.4, 0.5) is 19.2 Å². The molecule has 70 heavy (non-hydrogen) atoms. The summed E-state index contributed by atoms with van der Waals surface area (Å²) in [4.78, 5) is 50.8. The van der Waals surface area contributed by atoms with Gasteiger partial charge in [0.05, 0.1) is 49.6 Å². The Kier molecular flexibility index (Phi) is 23.8. The number of thioether (sulfide) groups is 8. The zero-order valence-electron chi connectivity index (χ0n) is 39.0. The van der Waals surface area contributed by atoms with E-state index in [1.165, 1.54) is 0 Å². The van der Waals surface area contributed by atoms with Crippen molar-refractivity contribution in [3.05, 3.63) is 169 Å². The van der Waals surface area contributed by atoms with E-state index in [2.05, 4.69) is 21.3 Å². The van der Waals surface area contributed by atoms with Gasteiger partial charge in [-0.2, -0.15) is 0 Å². The molecule has 0 unspecified atom stereocenters. The highest BCUT2D eigenvalue weighted by molar-refractivity contribution is 8.45. The van der Waals surface area contributed by atoms with Crippen molar-refractivity contribution < 1.29 is 38.1 Å². The Hall–Kier alpha value is -4.02. The van der Waals surface area contributed by atoms with E-state index >= 15 is 0 Å². The van der Waals surface area contributed by atoms with Gasteiger partial charge in [0, 0.05) is 23.0 Å². The van der Waals surface area contributed by atoms with Gasteiger partial charge in [0.25, 0.3) is 0 Å². The number of rotatable bonds is 24. The lowest BCUT2D eigenvalue weighted by Crippen LogP contribution is -2.28. The van der Waals surface area contributed by atoms with Gasteiger partial charge in [-0.05, 0) is 49.9 Å². The normalized spacial score (nSPS) is 15.1. The van der Waals surface area contributed by atoms with E-state index in [4.69, 9.17) is 18.9 Å². The molecule has 0 spiro atoms. The first kappa shape index (κ1) is 55.3. The highest BCUT2D eigenvalue weighted by Gasteiger charge is 2.31. The van der Waals surface area contributed by atoms with Crippen LogP contribution in [-0.2, 0) is 18.9 Å². The molecular weight excluding hydrogens is 1040 g/mol. The lowest BCUT2D eigenvalue weighted by molar-refractivity contribution is 0.149. The van der Waals surface area contributed by atoms with Crippen LogP contribution in [0, 0.1) is 0 Å². The minimum Gasteiger partial charge on any atom is -0.449 e. The molecule has 2 heterocycles. The molecule has 0 saturated carbocycles. The molecule has 12 nitrogen and oxygen atoms in total. The Labute approximate surface area is 444 Å². The summed E-state index contributed by atoms with van der Waals surface area (Å²) < 4.78 is 28.9. The molecule has 20 heteroatoms. The van der Waals surface area contributed by atoms with Gasteiger partial charge in [-0.15, -0.1) is 47.0 Å². The predicted octanol–water partition coefficient (Wildman–Crippen LogP) is 14.2. The zero-order valence-corrected chi connectivity index (χ0v) is 45.6. The summed E-state index contributed by atoms with van der Waals surface area (Å²) in [5.74, 6) is 2.15. The summed E-state index contributed by atoms with van der Waals surface area (Å²) in [7, 11) is 0. The first-order valence-corrected chi connectivity index (χ1v) is 29.6. The lowest BCUT2D eigenvalue weighted by atomic mass is 10.1. The van der Waals surface area contributed by atoms with Crippen molar-refractivity contribution in [2.75, 3.05) is 49.4 Å². The van der Waals surface area contributed by atoms with Gasteiger partial charge in [-0.25, -0.2) is 19.2 Å². The summed E-state index contributed by atoms with van der Waals surface area (Å²) in [6.07, 6.45) is -1.91. The van der Waals surface area contributed by atoms with Crippen LogP contribution in [0.2, 0.25) is 0 Å². The number of benzene rings is 4. The van der Waals surface area contributed by atoms with Crippen LogP contribution < -0.4 is 21.3 Å². The standard InChI is InChI=1S/C50H56N4O8S8/c1-33(37-17-9-5-10-18-37)51-47(55)59-25-29-63-41-42(64-30-26-60-48(56)52-34(2)38-19-11-6-12-20-38)68-45(67-41)46-69-43(65-31-27-61-49(57)53-35(3)39-21-13-7-14-22-39)44(70-46)66-32-28-62-50(58)54-36(4)40-23-15-8-16-24-40/h5-24,33-36H,25-32H2,1-4H3,(H,51,55)(H,52,56)(H,53,57)(H,54,58)/t33-,34-,35-,36-/m0/s1. The molecule has 0 bridgehead atoms. The van der Waals surface area contributed by atoms with Gasteiger partial charge < -0.3 is 40.2 Å². The summed E-state index contributed by atoms with van der Waals surface area (Å²) in [5.41, 5.74) is 3.96. The van der Waals surface area contributed by atoms with Crippen LogP contribution in [0.5, 0.6) is 0 Å². The number of carbonyl (C=O) groups is 4. The Bertz CT molecular complexity index is 2090. The summed E-state index contributed by atoms with van der Waals surface area (Å²) in [6.45, 7) is 8.52. The molecule has 4 N–H and O–H groups in total. The number of ether oxygens (including phenoxy) is 4. The summed E-state index contributed by atoms with van der Waals surface area (Å²) in [6, 6.07) is 38.1. The van der Waals surface area contributed by atoms with E-state index in [0.717, 1.165) is 47.7 Å². The van der Waals surface area contributed by atoms with Crippen LogP contribution in [-0.4, -0.2) is 73.8 Å². The minimum absolute atomic E-state index is 0.198. The molecule has 0 saturated heterocycles. The Balaban J connectivity index is 1.06. The second-order valence-electron chi connectivity index (χ2n) is 15.2.